The fraction of sp³-hybridized carbons (Fsp3) is 0.0588. The fourth-order valence-corrected chi connectivity index (χ4v) is 1.92. The number of phenols is 1. The van der Waals surface area contributed by atoms with Crippen LogP contribution < -0.4 is 0 Å². The van der Waals surface area contributed by atoms with Crippen molar-refractivity contribution in [1.29, 1.82) is 0 Å². The number of ketones is 2. The molecule has 23 heavy (non-hydrogen) atoms. The lowest BCUT2D eigenvalue weighted by atomic mass is 10.0. The zero-order valence-electron chi connectivity index (χ0n) is 12.0. The van der Waals surface area contributed by atoms with Gasteiger partial charge in [-0.25, -0.2) is 0 Å². The highest BCUT2D eigenvalue weighted by molar-refractivity contribution is 6.13. The molecule has 0 radical (unpaired) electrons. The molecule has 0 aromatic heterocycles. The molecule has 0 atom stereocenters. The van der Waals surface area contributed by atoms with E-state index in [1.807, 2.05) is 0 Å². The smallest absolute Gasteiger partial charge is 0.269 e. The number of nitrogens with zero attached hydrogens (tertiary/aromatic N) is 1. The lowest BCUT2D eigenvalue weighted by Crippen LogP contribution is -2.06. The normalized spacial score (nSPS) is 10.6. The molecule has 0 amide bonds. The number of rotatable bonds is 6. The van der Waals surface area contributed by atoms with Crippen molar-refractivity contribution >= 4 is 23.3 Å². The monoisotopic (exact) mass is 311 g/mol. The zero-order chi connectivity index (χ0) is 16.8. The molecule has 6 nitrogen and oxygen atoms in total. The molecule has 0 spiro atoms. The Kier molecular flexibility index (Phi) is 4.99. The Balaban J connectivity index is 2.00. The summed E-state index contributed by atoms with van der Waals surface area (Å²) in [7, 11) is 0. The van der Waals surface area contributed by atoms with Gasteiger partial charge in [-0.05, 0) is 35.9 Å². The van der Waals surface area contributed by atoms with Gasteiger partial charge >= 0.3 is 0 Å². The number of Topliss-reactive ketones (excluding diaryl/α,β-unsaturated/α-hetero) is 1. The third-order valence-corrected chi connectivity index (χ3v) is 3.10. The number of nitro benzene ring substituents is 1. The van der Waals surface area contributed by atoms with Crippen LogP contribution in [0.25, 0.3) is 6.08 Å². The molecule has 0 aliphatic rings. The predicted octanol–water partition coefficient (Wildman–Crippen LogP) is 3.16. The summed E-state index contributed by atoms with van der Waals surface area (Å²) in [6.07, 6.45) is 2.35. The quantitative estimate of drug-likeness (QED) is 0.290. The molecule has 2 rings (SSSR count). The topological polar surface area (TPSA) is 97.5 Å². The van der Waals surface area contributed by atoms with Gasteiger partial charge < -0.3 is 5.11 Å². The molecule has 6 heteroatoms. The average molecular weight is 311 g/mol. The predicted molar refractivity (Wildman–Crippen MR) is 84.2 cm³/mol. The summed E-state index contributed by atoms with van der Waals surface area (Å²) in [5.41, 5.74) is 0.673. The van der Waals surface area contributed by atoms with Crippen molar-refractivity contribution < 1.29 is 19.6 Å². The second kappa shape index (κ2) is 7.13. The first-order chi connectivity index (χ1) is 11.0. The van der Waals surface area contributed by atoms with Crippen LogP contribution in [0.3, 0.4) is 0 Å². The molecule has 0 unspecified atom stereocenters. The minimum Gasteiger partial charge on any atom is -0.507 e. The maximum atomic E-state index is 11.9. The van der Waals surface area contributed by atoms with E-state index in [2.05, 4.69) is 0 Å². The first kappa shape index (κ1) is 16.1. The summed E-state index contributed by atoms with van der Waals surface area (Å²) < 4.78 is 0. The number of para-hydroxylation sites is 1. The number of hydrogen-bond donors (Lipinski definition) is 1. The number of carbonyl (C=O) groups is 2. The van der Waals surface area contributed by atoms with Crippen LogP contribution in [-0.2, 0) is 4.79 Å². The average Bonchev–Trinajstić information content (AvgIpc) is 2.53. The number of allylic oxidation sites excluding steroid dienone is 1. The molecular formula is C17H13NO5. The van der Waals surface area contributed by atoms with Crippen molar-refractivity contribution in [2.24, 2.45) is 0 Å². The molecular weight excluding hydrogens is 298 g/mol. The van der Waals surface area contributed by atoms with E-state index in [-0.39, 0.29) is 23.4 Å². The SMILES string of the molecule is O=C(/C=C/c1ccc([N+](=O)[O-])cc1)CC(=O)c1ccccc1O. The van der Waals surface area contributed by atoms with Crippen molar-refractivity contribution in [2.45, 2.75) is 6.42 Å². The van der Waals surface area contributed by atoms with Gasteiger partial charge in [0.2, 0.25) is 0 Å². The molecule has 0 saturated heterocycles. The summed E-state index contributed by atoms with van der Waals surface area (Å²) in [4.78, 5) is 33.7. The summed E-state index contributed by atoms with van der Waals surface area (Å²) in [6.45, 7) is 0. The first-order valence-corrected chi connectivity index (χ1v) is 6.74. The van der Waals surface area contributed by atoms with Gasteiger partial charge in [0.25, 0.3) is 5.69 Å². The highest BCUT2D eigenvalue weighted by Crippen LogP contribution is 2.18. The van der Waals surface area contributed by atoms with Crippen molar-refractivity contribution in [3.63, 3.8) is 0 Å². The molecule has 2 aromatic carbocycles. The number of benzene rings is 2. The highest BCUT2D eigenvalue weighted by Gasteiger charge is 2.13. The Morgan fingerprint density at radius 1 is 1.09 bits per heavy atom. The lowest BCUT2D eigenvalue weighted by Gasteiger charge is -2.01. The van der Waals surface area contributed by atoms with E-state index >= 15 is 0 Å². The van der Waals surface area contributed by atoms with Crippen molar-refractivity contribution in [1.82, 2.24) is 0 Å². The number of phenolic OH excluding ortho intramolecular Hbond substituents is 1. The fourth-order valence-electron chi connectivity index (χ4n) is 1.92. The van der Waals surface area contributed by atoms with Crippen LogP contribution in [0.15, 0.2) is 54.6 Å². The van der Waals surface area contributed by atoms with Crippen molar-refractivity contribution in [2.75, 3.05) is 0 Å². The Bertz CT molecular complexity index is 778. The van der Waals surface area contributed by atoms with E-state index in [4.69, 9.17) is 0 Å². The van der Waals surface area contributed by atoms with Crippen LogP contribution in [0.1, 0.15) is 22.3 Å². The van der Waals surface area contributed by atoms with E-state index < -0.39 is 16.5 Å². The maximum absolute atomic E-state index is 11.9. The molecule has 0 aliphatic carbocycles. The van der Waals surface area contributed by atoms with Crippen LogP contribution in [0.5, 0.6) is 5.75 Å². The van der Waals surface area contributed by atoms with Gasteiger partial charge in [0.15, 0.2) is 11.6 Å². The summed E-state index contributed by atoms with van der Waals surface area (Å²) in [6, 6.07) is 11.7. The summed E-state index contributed by atoms with van der Waals surface area (Å²) in [5, 5.41) is 20.1. The molecule has 0 bridgehead atoms. The standard InChI is InChI=1S/C17H13NO5/c19-14(11-17(21)15-3-1-2-4-16(15)20)10-7-12-5-8-13(9-6-12)18(22)23/h1-10,20H,11H2/b10-7+. The van der Waals surface area contributed by atoms with Gasteiger partial charge in [0, 0.05) is 12.1 Å². The van der Waals surface area contributed by atoms with Gasteiger partial charge in [-0.1, -0.05) is 18.2 Å². The number of nitro groups is 1. The van der Waals surface area contributed by atoms with Gasteiger partial charge in [-0.2, -0.15) is 0 Å². The second-order valence-corrected chi connectivity index (χ2v) is 4.77. The zero-order valence-corrected chi connectivity index (χ0v) is 12.0. The molecule has 0 heterocycles. The van der Waals surface area contributed by atoms with Gasteiger partial charge in [0.05, 0.1) is 16.9 Å². The minimum atomic E-state index is -0.510. The van der Waals surface area contributed by atoms with Crippen LogP contribution in [-0.4, -0.2) is 21.6 Å². The number of aromatic hydroxyl groups is 1. The molecule has 1 N–H and O–H groups in total. The molecule has 2 aromatic rings. The second-order valence-electron chi connectivity index (χ2n) is 4.77. The first-order valence-electron chi connectivity index (χ1n) is 6.74. The van der Waals surface area contributed by atoms with E-state index in [0.717, 1.165) is 0 Å². The van der Waals surface area contributed by atoms with Crippen LogP contribution in [0.4, 0.5) is 5.69 Å². The third-order valence-electron chi connectivity index (χ3n) is 3.10. The Morgan fingerprint density at radius 3 is 2.35 bits per heavy atom. The molecule has 116 valence electrons. The van der Waals surface area contributed by atoms with Gasteiger partial charge in [0.1, 0.15) is 5.75 Å². The Labute approximate surface area is 131 Å². The van der Waals surface area contributed by atoms with E-state index in [9.17, 15) is 24.8 Å². The molecule has 0 saturated carbocycles. The number of non-ortho nitro benzene ring substituents is 1. The van der Waals surface area contributed by atoms with Gasteiger partial charge in [-0.15, -0.1) is 0 Å². The van der Waals surface area contributed by atoms with E-state index in [0.29, 0.717) is 5.56 Å². The van der Waals surface area contributed by atoms with Crippen molar-refractivity contribution in [3.8, 4) is 5.75 Å². The summed E-state index contributed by atoms with van der Waals surface area (Å²) in [5.74, 6) is -1.05. The largest absolute Gasteiger partial charge is 0.507 e. The third kappa shape index (κ3) is 4.34. The summed E-state index contributed by atoms with van der Waals surface area (Å²) >= 11 is 0. The van der Waals surface area contributed by atoms with Crippen molar-refractivity contribution in [3.05, 3.63) is 75.8 Å². The maximum Gasteiger partial charge on any atom is 0.269 e. The van der Waals surface area contributed by atoms with Crippen LogP contribution in [0, 0.1) is 10.1 Å². The Morgan fingerprint density at radius 2 is 1.74 bits per heavy atom. The number of carbonyl (C=O) groups excluding carboxylic acids is 2. The lowest BCUT2D eigenvalue weighted by molar-refractivity contribution is -0.384. The minimum absolute atomic E-state index is 0.0387. The van der Waals surface area contributed by atoms with Crippen LogP contribution >= 0.6 is 0 Å². The highest BCUT2D eigenvalue weighted by atomic mass is 16.6. The van der Waals surface area contributed by atoms with Crippen LogP contribution in [0.2, 0.25) is 0 Å². The van der Waals surface area contributed by atoms with E-state index in [1.54, 1.807) is 12.1 Å². The molecule has 0 aliphatic heterocycles. The van der Waals surface area contributed by atoms with Gasteiger partial charge in [-0.3, -0.25) is 19.7 Å². The number of hydrogen-bond acceptors (Lipinski definition) is 5. The Hall–Kier alpha value is -3.28. The van der Waals surface area contributed by atoms with E-state index in [1.165, 1.54) is 48.6 Å². The molecule has 0 fully saturated rings.